The van der Waals surface area contributed by atoms with Gasteiger partial charge in [0.05, 0.1) is 38.3 Å². The summed E-state index contributed by atoms with van der Waals surface area (Å²) in [5, 5.41) is -0.403. The van der Waals surface area contributed by atoms with Crippen molar-refractivity contribution in [2.24, 2.45) is 0 Å². The molecule has 4 aliphatic rings. The molecule has 4 saturated heterocycles. The van der Waals surface area contributed by atoms with E-state index in [1.54, 1.807) is 11.8 Å². The number of benzene rings is 4. The average Bonchev–Trinajstić information content (AvgIpc) is 3.84. The molecule has 0 saturated carbocycles. The number of fused-ring (bicyclic) bond motifs is 1. The van der Waals surface area contributed by atoms with E-state index in [2.05, 4.69) is 36.4 Å². The highest BCUT2D eigenvalue weighted by molar-refractivity contribution is 8.00. The summed E-state index contributed by atoms with van der Waals surface area (Å²) < 4.78 is 66.3. The molecular formula is C45H52O10S. The summed E-state index contributed by atoms with van der Waals surface area (Å²) >= 11 is 1.64. The van der Waals surface area contributed by atoms with Crippen LogP contribution in [0.15, 0.2) is 126 Å². The fourth-order valence-electron chi connectivity index (χ4n) is 7.69. The smallest absolute Gasteiger partial charge is 0.190 e. The minimum Gasteiger partial charge on any atom is -0.374 e. The van der Waals surface area contributed by atoms with Gasteiger partial charge in [-0.1, -0.05) is 109 Å². The van der Waals surface area contributed by atoms with Crippen LogP contribution in [0.25, 0.3) is 0 Å². The Kier molecular flexibility index (Phi) is 12.6. The van der Waals surface area contributed by atoms with Crippen molar-refractivity contribution < 1.29 is 47.4 Å². The molecule has 298 valence electrons. The Morgan fingerprint density at radius 1 is 0.589 bits per heavy atom. The van der Waals surface area contributed by atoms with Crippen LogP contribution in [-0.2, 0) is 67.2 Å². The third kappa shape index (κ3) is 9.74. The number of thioether (sulfide) groups is 1. The van der Waals surface area contributed by atoms with Crippen LogP contribution in [0, 0.1) is 0 Å². The first-order chi connectivity index (χ1) is 27.2. The SMILES string of the molecule is CC1(C)O[C@H]2O[C@H]([C@H]3COC(C)(C)O3)[C@H](O[C@H]3O[C@H](COCc4ccccc4)[C@@H](OCc4ccccc4)[C@H](OCc4ccccc4)[C@@H]3Sc3ccccc3)[C@H]2O1. The van der Waals surface area contributed by atoms with Gasteiger partial charge in [0.1, 0.15) is 42.7 Å². The summed E-state index contributed by atoms with van der Waals surface area (Å²) in [6.45, 7) is 9.26. The molecule has 4 aromatic carbocycles. The van der Waals surface area contributed by atoms with E-state index in [4.69, 9.17) is 47.4 Å². The van der Waals surface area contributed by atoms with E-state index >= 15 is 0 Å². The fourth-order valence-corrected chi connectivity index (χ4v) is 8.92. The molecule has 0 aromatic heterocycles. The Labute approximate surface area is 334 Å². The highest BCUT2D eigenvalue weighted by atomic mass is 32.2. The minimum absolute atomic E-state index is 0.235. The van der Waals surface area contributed by atoms with Crippen LogP contribution in [-0.4, -0.2) is 85.3 Å². The molecule has 56 heavy (non-hydrogen) atoms. The number of hydrogen-bond acceptors (Lipinski definition) is 11. The van der Waals surface area contributed by atoms with Crippen LogP contribution >= 0.6 is 11.8 Å². The highest BCUT2D eigenvalue weighted by Gasteiger charge is 2.61. The zero-order valence-electron chi connectivity index (χ0n) is 32.3. The Morgan fingerprint density at radius 3 is 1.75 bits per heavy atom. The quantitative estimate of drug-likeness (QED) is 0.119. The summed E-state index contributed by atoms with van der Waals surface area (Å²) in [5.41, 5.74) is 3.15. The van der Waals surface area contributed by atoms with Crippen molar-refractivity contribution in [1.82, 2.24) is 0 Å². The van der Waals surface area contributed by atoms with Crippen molar-refractivity contribution in [2.75, 3.05) is 13.2 Å². The number of ether oxygens (including phenoxy) is 10. The number of hydrogen-bond donors (Lipinski definition) is 0. The van der Waals surface area contributed by atoms with Gasteiger partial charge in [0, 0.05) is 4.90 Å². The van der Waals surface area contributed by atoms with Crippen LogP contribution in [0.4, 0.5) is 0 Å². The molecule has 0 bridgehead atoms. The maximum Gasteiger partial charge on any atom is 0.190 e. The van der Waals surface area contributed by atoms with E-state index in [1.807, 2.05) is 113 Å². The van der Waals surface area contributed by atoms with Crippen LogP contribution in [0.3, 0.4) is 0 Å². The summed E-state index contributed by atoms with van der Waals surface area (Å²) in [6, 6.07) is 40.7. The molecule has 8 rings (SSSR count). The molecule has 0 aliphatic carbocycles. The van der Waals surface area contributed by atoms with Gasteiger partial charge in [-0.3, -0.25) is 0 Å². The molecule has 10 atom stereocenters. The van der Waals surface area contributed by atoms with Gasteiger partial charge in [0.25, 0.3) is 0 Å². The van der Waals surface area contributed by atoms with Crippen molar-refractivity contribution in [3.05, 3.63) is 138 Å². The predicted octanol–water partition coefficient (Wildman–Crippen LogP) is 7.67. The maximum atomic E-state index is 7.23. The van der Waals surface area contributed by atoms with E-state index in [0.717, 1.165) is 21.6 Å². The fraction of sp³-hybridized carbons (Fsp3) is 0.467. The topological polar surface area (TPSA) is 92.3 Å². The maximum absolute atomic E-state index is 7.23. The molecule has 4 heterocycles. The van der Waals surface area contributed by atoms with Gasteiger partial charge < -0.3 is 47.4 Å². The Morgan fingerprint density at radius 2 is 1.16 bits per heavy atom. The lowest BCUT2D eigenvalue weighted by Crippen LogP contribution is -2.61. The summed E-state index contributed by atoms with van der Waals surface area (Å²) in [6.07, 6.45) is -5.24. The Hall–Kier alpha value is -3.17. The van der Waals surface area contributed by atoms with Crippen molar-refractivity contribution in [2.45, 2.75) is 125 Å². The molecule has 4 fully saturated rings. The second-order valence-corrected chi connectivity index (χ2v) is 16.8. The highest BCUT2D eigenvalue weighted by Crippen LogP contribution is 2.45. The van der Waals surface area contributed by atoms with Crippen molar-refractivity contribution >= 4 is 11.8 Å². The van der Waals surface area contributed by atoms with Crippen LogP contribution < -0.4 is 0 Å². The molecule has 4 aliphatic heterocycles. The van der Waals surface area contributed by atoms with Gasteiger partial charge in [-0.2, -0.15) is 0 Å². The Bertz CT molecular complexity index is 1800. The van der Waals surface area contributed by atoms with Crippen LogP contribution in [0.5, 0.6) is 0 Å². The molecule has 0 amide bonds. The molecule has 0 radical (unpaired) electrons. The zero-order chi connectivity index (χ0) is 38.5. The summed E-state index contributed by atoms with van der Waals surface area (Å²) in [5.74, 6) is -1.64. The minimum atomic E-state index is -0.870. The normalized spacial score (nSPS) is 32.0. The molecule has 11 heteroatoms. The van der Waals surface area contributed by atoms with Gasteiger partial charge in [0.15, 0.2) is 24.2 Å². The first-order valence-corrected chi connectivity index (χ1v) is 20.4. The standard InChI is InChI=1S/C45H52O10S/c1-44(2)49-29-35(53-44)37-38(40-42(51-37)55-45(3,4)54-40)52-43-41(56-33-23-15-8-16-24-33)39(48-27-32-21-13-7-14-22-32)36(47-26-31-19-11-6-12-20-31)34(50-43)28-46-25-30-17-9-5-10-18-30/h5-24,34-43H,25-29H2,1-4H3/t34-,35-,36-,37-,38+,39+,40-,41+,42-,43-/m1/s1. The van der Waals surface area contributed by atoms with Crippen molar-refractivity contribution in [3.8, 4) is 0 Å². The predicted molar refractivity (Wildman–Crippen MR) is 209 cm³/mol. The van der Waals surface area contributed by atoms with Crippen molar-refractivity contribution in [3.63, 3.8) is 0 Å². The Balaban J connectivity index is 1.15. The summed E-state index contributed by atoms with van der Waals surface area (Å²) in [4.78, 5) is 1.04. The lowest BCUT2D eigenvalue weighted by atomic mass is 9.99. The third-order valence-corrected chi connectivity index (χ3v) is 11.6. The third-order valence-electron chi connectivity index (χ3n) is 10.3. The lowest BCUT2D eigenvalue weighted by molar-refractivity contribution is -0.301. The zero-order valence-corrected chi connectivity index (χ0v) is 33.2. The van der Waals surface area contributed by atoms with Gasteiger partial charge in [-0.05, 0) is 56.5 Å². The van der Waals surface area contributed by atoms with E-state index in [-0.39, 0.29) is 6.61 Å². The van der Waals surface area contributed by atoms with Crippen molar-refractivity contribution in [1.29, 1.82) is 0 Å². The number of rotatable bonds is 15. The largest absolute Gasteiger partial charge is 0.374 e. The second-order valence-electron chi connectivity index (χ2n) is 15.5. The molecule has 0 N–H and O–H groups in total. The molecule has 0 unspecified atom stereocenters. The first-order valence-electron chi connectivity index (χ1n) is 19.5. The first kappa shape index (κ1) is 39.6. The van der Waals surface area contributed by atoms with Gasteiger partial charge in [0.2, 0.25) is 0 Å². The van der Waals surface area contributed by atoms with Crippen LogP contribution in [0.1, 0.15) is 44.4 Å². The summed E-state index contributed by atoms with van der Waals surface area (Å²) in [7, 11) is 0. The lowest BCUT2D eigenvalue weighted by Gasteiger charge is -2.47. The second kappa shape index (κ2) is 17.8. The van der Waals surface area contributed by atoms with E-state index in [9.17, 15) is 0 Å². The van der Waals surface area contributed by atoms with Gasteiger partial charge in [-0.15, -0.1) is 11.8 Å². The molecule has 10 nitrogen and oxygen atoms in total. The van der Waals surface area contributed by atoms with Gasteiger partial charge in [-0.25, -0.2) is 0 Å². The monoisotopic (exact) mass is 784 g/mol. The average molecular weight is 785 g/mol. The molecule has 4 aromatic rings. The molecular weight excluding hydrogens is 733 g/mol. The van der Waals surface area contributed by atoms with E-state index in [1.165, 1.54) is 0 Å². The van der Waals surface area contributed by atoms with Crippen LogP contribution in [0.2, 0.25) is 0 Å². The van der Waals surface area contributed by atoms with Gasteiger partial charge >= 0.3 is 0 Å². The van der Waals surface area contributed by atoms with E-state index in [0.29, 0.717) is 26.4 Å². The molecule has 0 spiro atoms. The van der Waals surface area contributed by atoms with E-state index < -0.39 is 72.1 Å².